The number of nitrogens with one attached hydrogen (secondary N) is 1. The van der Waals surface area contributed by atoms with Crippen molar-refractivity contribution in [3.05, 3.63) is 90.0 Å². The Morgan fingerprint density at radius 1 is 0.733 bits per heavy atom. The fourth-order valence-electron chi connectivity index (χ4n) is 3.66. The predicted octanol–water partition coefficient (Wildman–Crippen LogP) is 3.96. The Balaban J connectivity index is 1.48. The van der Waals surface area contributed by atoms with Crippen molar-refractivity contribution < 1.29 is 14.7 Å². The Bertz CT molecular complexity index is 1030. The first-order valence-corrected chi connectivity index (χ1v) is 9.90. The van der Waals surface area contributed by atoms with Gasteiger partial charge in [-0.3, -0.25) is 4.79 Å². The molecule has 0 aromatic heterocycles. The summed E-state index contributed by atoms with van der Waals surface area (Å²) in [6.07, 6.45) is 0. The minimum absolute atomic E-state index is 0.0854. The molecule has 6 heteroatoms. The third kappa shape index (κ3) is 4.27. The molecular weight excluding hydrogens is 378 g/mol. The average molecular weight is 401 g/mol. The first kappa shape index (κ1) is 19.5. The zero-order valence-corrected chi connectivity index (χ0v) is 16.5. The van der Waals surface area contributed by atoms with Gasteiger partial charge in [0.15, 0.2) is 0 Å². The summed E-state index contributed by atoms with van der Waals surface area (Å²) in [5.74, 6) is -1.40. The number of benzene rings is 3. The summed E-state index contributed by atoms with van der Waals surface area (Å²) >= 11 is 0. The van der Waals surface area contributed by atoms with E-state index in [1.165, 1.54) is 5.69 Å². The quantitative estimate of drug-likeness (QED) is 0.677. The Kier molecular flexibility index (Phi) is 5.66. The molecule has 4 rings (SSSR count). The molecule has 1 amide bonds. The van der Waals surface area contributed by atoms with Crippen LogP contribution in [-0.2, 0) is 0 Å². The van der Waals surface area contributed by atoms with Crippen molar-refractivity contribution in [2.24, 2.45) is 0 Å². The molecule has 0 bridgehead atoms. The van der Waals surface area contributed by atoms with Gasteiger partial charge in [-0.2, -0.15) is 0 Å². The van der Waals surface area contributed by atoms with Gasteiger partial charge in [-0.1, -0.05) is 36.4 Å². The molecule has 0 saturated carbocycles. The molecule has 1 heterocycles. The van der Waals surface area contributed by atoms with Crippen LogP contribution >= 0.6 is 0 Å². The Hall–Kier alpha value is -3.80. The maximum absolute atomic E-state index is 12.4. The molecule has 152 valence electrons. The lowest BCUT2D eigenvalue weighted by atomic mass is 10.1. The van der Waals surface area contributed by atoms with E-state index >= 15 is 0 Å². The van der Waals surface area contributed by atoms with E-state index in [0.29, 0.717) is 11.3 Å². The minimum Gasteiger partial charge on any atom is -0.478 e. The molecule has 0 spiro atoms. The Morgan fingerprint density at radius 2 is 1.30 bits per heavy atom. The number of carboxylic acids is 1. The number of anilines is 3. The van der Waals surface area contributed by atoms with Gasteiger partial charge in [-0.05, 0) is 42.5 Å². The van der Waals surface area contributed by atoms with E-state index in [9.17, 15) is 14.7 Å². The average Bonchev–Trinajstić information content (AvgIpc) is 2.80. The van der Waals surface area contributed by atoms with Crippen LogP contribution in [-0.4, -0.2) is 43.2 Å². The van der Waals surface area contributed by atoms with Crippen LogP contribution in [0.1, 0.15) is 20.7 Å². The van der Waals surface area contributed by atoms with E-state index in [0.717, 1.165) is 31.9 Å². The van der Waals surface area contributed by atoms with Gasteiger partial charge in [-0.15, -0.1) is 0 Å². The molecule has 1 aliphatic rings. The van der Waals surface area contributed by atoms with Crippen LogP contribution in [0.25, 0.3) is 0 Å². The van der Waals surface area contributed by atoms with E-state index < -0.39 is 5.97 Å². The molecule has 0 radical (unpaired) electrons. The second kappa shape index (κ2) is 8.69. The van der Waals surface area contributed by atoms with Crippen LogP contribution < -0.4 is 15.1 Å². The van der Waals surface area contributed by atoms with Gasteiger partial charge in [0, 0.05) is 43.1 Å². The largest absolute Gasteiger partial charge is 0.478 e. The number of carboxylic acid groups (broad SMARTS) is 1. The molecule has 3 aromatic rings. The number of piperazine rings is 1. The third-order valence-electron chi connectivity index (χ3n) is 5.28. The van der Waals surface area contributed by atoms with Gasteiger partial charge >= 0.3 is 5.97 Å². The van der Waals surface area contributed by atoms with Gasteiger partial charge in [0.05, 0.1) is 11.3 Å². The second-order valence-corrected chi connectivity index (χ2v) is 7.16. The van der Waals surface area contributed by atoms with E-state index in [4.69, 9.17) is 0 Å². The van der Waals surface area contributed by atoms with Gasteiger partial charge in [0.1, 0.15) is 0 Å². The summed E-state index contributed by atoms with van der Waals surface area (Å²) < 4.78 is 0. The van der Waals surface area contributed by atoms with Crippen molar-refractivity contribution in [3.63, 3.8) is 0 Å². The molecule has 2 N–H and O–H groups in total. The van der Waals surface area contributed by atoms with Crippen molar-refractivity contribution >= 4 is 28.9 Å². The van der Waals surface area contributed by atoms with Crippen molar-refractivity contribution in [3.8, 4) is 0 Å². The smallest absolute Gasteiger partial charge is 0.337 e. The Morgan fingerprint density at radius 3 is 1.90 bits per heavy atom. The molecule has 0 unspecified atom stereocenters. The van der Waals surface area contributed by atoms with E-state index in [-0.39, 0.29) is 11.5 Å². The maximum Gasteiger partial charge on any atom is 0.337 e. The van der Waals surface area contributed by atoms with Crippen LogP contribution in [0.15, 0.2) is 78.9 Å². The first-order chi connectivity index (χ1) is 14.6. The Labute approximate surface area is 175 Å². The molecule has 1 saturated heterocycles. The topological polar surface area (TPSA) is 72.9 Å². The zero-order chi connectivity index (χ0) is 20.9. The number of para-hydroxylation sites is 1. The summed E-state index contributed by atoms with van der Waals surface area (Å²) in [4.78, 5) is 28.8. The highest BCUT2D eigenvalue weighted by molar-refractivity contribution is 6.08. The highest BCUT2D eigenvalue weighted by atomic mass is 16.4. The fraction of sp³-hybridized carbons (Fsp3) is 0.167. The van der Waals surface area contributed by atoms with Crippen molar-refractivity contribution in [1.29, 1.82) is 0 Å². The first-order valence-electron chi connectivity index (χ1n) is 9.90. The third-order valence-corrected chi connectivity index (χ3v) is 5.28. The summed E-state index contributed by atoms with van der Waals surface area (Å²) in [7, 11) is 0. The van der Waals surface area contributed by atoms with Crippen molar-refractivity contribution in [2.75, 3.05) is 41.3 Å². The number of carbonyl (C=O) groups excluding carboxylic acids is 1. The number of hydrogen-bond acceptors (Lipinski definition) is 4. The number of aromatic carboxylic acids is 1. The molecule has 3 aromatic carbocycles. The van der Waals surface area contributed by atoms with Crippen LogP contribution in [0.3, 0.4) is 0 Å². The summed E-state index contributed by atoms with van der Waals surface area (Å²) in [6, 6.07) is 24.2. The molecular formula is C24H23N3O3. The van der Waals surface area contributed by atoms with E-state index in [1.807, 2.05) is 30.3 Å². The predicted molar refractivity (Wildman–Crippen MR) is 119 cm³/mol. The van der Waals surface area contributed by atoms with Crippen LogP contribution in [0, 0.1) is 0 Å². The van der Waals surface area contributed by atoms with Crippen LogP contribution in [0.5, 0.6) is 0 Å². The summed E-state index contributed by atoms with van der Waals surface area (Å²) in [5.41, 5.74) is 2.90. The van der Waals surface area contributed by atoms with Gasteiger partial charge in [0.25, 0.3) is 5.91 Å². The highest BCUT2D eigenvalue weighted by Gasteiger charge is 2.20. The normalized spacial score (nSPS) is 13.7. The van der Waals surface area contributed by atoms with Crippen molar-refractivity contribution in [2.45, 2.75) is 0 Å². The number of rotatable bonds is 5. The number of amides is 1. The molecule has 1 fully saturated rings. The molecule has 0 atom stereocenters. The van der Waals surface area contributed by atoms with Gasteiger partial charge in [-0.25, -0.2) is 4.79 Å². The lowest BCUT2D eigenvalue weighted by Crippen LogP contribution is -2.46. The second-order valence-electron chi connectivity index (χ2n) is 7.16. The molecule has 30 heavy (non-hydrogen) atoms. The van der Waals surface area contributed by atoms with Crippen molar-refractivity contribution in [1.82, 2.24) is 0 Å². The number of nitrogens with zero attached hydrogens (tertiary/aromatic N) is 2. The lowest BCUT2D eigenvalue weighted by Gasteiger charge is -2.37. The number of hydrogen-bond donors (Lipinski definition) is 2. The maximum atomic E-state index is 12.4. The molecule has 1 aliphatic heterocycles. The monoisotopic (exact) mass is 401 g/mol. The lowest BCUT2D eigenvalue weighted by molar-refractivity contribution is 0.0698. The summed E-state index contributed by atoms with van der Waals surface area (Å²) in [5, 5.41) is 12.4. The van der Waals surface area contributed by atoms with Crippen LogP contribution in [0.2, 0.25) is 0 Å². The highest BCUT2D eigenvalue weighted by Crippen LogP contribution is 2.26. The molecule has 0 aliphatic carbocycles. The van der Waals surface area contributed by atoms with Gasteiger partial charge in [0.2, 0.25) is 0 Å². The van der Waals surface area contributed by atoms with E-state index in [2.05, 4.69) is 27.2 Å². The molecule has 6 nitrogen and oxygen atoms in total. The van der Waals surface area contributed by atoms with Crippen LogP contribution in [0.4, 0.5) is 17.1 Å². The zero-order valence-electron chi connectivity index (χ0n) is 16.5. The van der Waals surface area contributed by atoms with E-state index in [1.54, 1.807) is 36.4 Å². The summed E-state index contributed by atoms with van der Waals surface area (Å²) in [6.45, 7) is 3.31. The SMILES string of the molecule is O=C(Nc1ccc(N2CCN(c3ccccc3)CC2)cc1C(=O)O)c1ccccc1. The fourth-order valence-corrected chi connectivity index (χ4v) is 3.66. The van der Waals surface area contributed by atoms with Gasteiger partial charge < -0.3 is 20.2 Å². The standard InChI is InChI=1S/C24H23N3O3/c28-23(18-7-3-1-4-8-18)25-22-12-11-20(17-21(22)24(29)30)27-15-13-26(14-16-27)19-9-5-2-6-10-19/h1-12,17H,13-16H2,(H,25,28)(H,29,30). The minimum atomic E-state index is -1.07. The number of carbonyl (C=O) groups is 2.